The van der Waals surface area contributed by atoms with Crippen molar-refractivity contribution in [1.82, 2.24) is 0 Å². The van der Waals surface area contributed by atoms with Crippen LogP contribution in [0.3, 0.4) is 0 Å². The molecule has 0 bridgehead atoms. The molecule has 1 aromatic rings. The van der Waals surface area contributed by atoms with Gasteiger partial charge in [0, 0.05) is 6.42 Å². The Kier molecular flexibility index (Phi) is 4.51. The van der Waals surface area contributed by atoms with E-state index in [1.54, 1.807) is 12.1 Å². The molecule has 1 fully saturated rings. The maximum Gasteiger partial charge on any atom is 0.115 e. The zero-order valence-electron chi connectivity index (χ0n) is 12.1. The molecular formula is C17H26O2. The fraction of sp³-hybridized carbons (Fsp3) is 0.647. The predicted octanol–water partition coefficient (Wildman–Crippen LogP) is 3.90. The van der Waals surface area contributed by atoms with Crippen molar-refractivity contribution in [2.75, 3.05) is 0 Å². The minimum atomic E-state index is -0.586. The maximum atomic E-state index is 10.8. The molecule has 1 aromatic carbocycles. The van der Waals surface area contributed by atoms with Gasteiger partial charge >= 0.3 is 0 Å². The average molecular weight is 262 g/mol. The standard InChI is InChI=1S/C17H26O2/c1-13(2)15-6-4-9-17(19,10-8-15)12-14-5-3-7-16(18)11-14/h3,5,7,11,13,15,18-19H,4,6,8-10,12H2,1-2H3. The van der Waals surface area contributed by atoms with Gasteiger partial charge in [-0.3, -0.25) is 0 Å². The first kappa shape index (κ1) is 14.4. The van der Waals surface area contributed by atoms with Gasteiger partial charge in [0.15, 0.2) is 0 Å². The normalized spacial score (nSPS) is 28.3. The van der Waals surface area contributed by atoms with Crippen LogP contribution in [0.1, 0.15) is 51.5 Å². The summed E-state index contributed by atoms with van der Waals surface area (Å²) < 4.78 is 0. The highest BCUT2D eigenvalue weighted by Gasteiger charge is 2.31. The van der Waals surface area contributed by atoms with Crippen LogP contribution in [-0.2, 0) is 6.42 Å². The average Bonchev–Trinajstić information content (AvgIpc) is 2.51. The second-order valence-electron chi connectivity index (χ2n) is 6.51. The zero-order valence-corrected chi connectivity index (χ0v) is 12.1. The van der Waals surface area contributed by atoms with Crippen LogP contribution in [0.2, 0.25) is 0 Å². The van der Waals surface area contributed by atoms with Crippen molar-refractivity contribution in [1.29, 1.82) is 0 Å². The number of rotatable bonds is 3. The van der Waals surface area contributed by atoms with Gasteiger partial charge in [-0.1, -0.05) is 38.8 Å². The van der Waals surface area contributed by atoms with Gasteiger partial charge in [0.25, 0.3) is 0 Å². The third kappa shape index (κ3) is 3.97. The van der Waals surface area contributed by atoms with E-state index in [2.05, 4.69) is 13.8 Å². The van der Waals surface area contributed by atoms with Gasteiger partial charge in [-0.15, -0.1) is 0 Å². The fourth-order valence-corrected chi connectivity index (χ4v) is 3.31. The second kappa shape index (κ2) is 5.96. The summed E-state index contributed by atoms with van der Waals surface area (Å²) in [5.41, 5.74) is 0.447. The van der Waals surface area contributed by atoms with Gasteiger partial charge in [0.2, 0.25) is 0 Å². The Morgan fingerprint density at radius 2 is 2.05 bits per heavy atom. The Morgan fingerprint density at radius 1 is 1.26 bits per heavy atom. The lowest BCUT2D eigenvalue weighted by Crippen LogP contribution is -2.30. The molecule has 2 unspecified atom stereocenters. The third-order valence-electron chi connectivity index (χ3n) is 4.58. The van der Waals surface area contributed by atoms with Crippen LogP contribution in [0.15, 0.2) is 24.3 Å². The van der Waals surface area contributed by atoms with E-state index in [1.165, 1.54) is 6.42 Å². The molecule has 0 amide bonds. The number of phenolic OH excluding ortho intramolecular Hbond substituents is 1. The minimum Gasteiger partial charge on any atom is -0.508 e. The van der Waals surface area contributed by atoms with E-state index < -0.39 is 5.60 Å². The molecule has 2 nitrogen and oxygen atoms in total. The van der Waals surface area contributed by atoms with Crippen molar-refractivity contribution in [3.8, 4) is 5.75 Å². The molecule has 1 saturated carbocycles. The smallest absolute Gasteiger partial charge is 0.115 e. The summed E-state index contributed by atoms with van der Waals surface area (Å²) in [5, 5.41) is 20.3. The van der Waals surface area contributed by atoms with Crippen molar-refractivity contribution in [2.45, 2.75) is 58.0 Å². The van der Waals surface area contributed by atoms with E-state index in [1.807, 2.05) is 12.1 Å². The number of phenols is 1. The van der Waals surface area contributed by atoms with Crippen LogP contribution in [0.25, 0.3) is 0 Å². The molecule has 106 valence electrons. The molecule has 2 rings (SSSR count). The molecule has 0 saturated heterocycles. The number of benzene rings is 1. The fourth-order valence-electron chi connectivity index (χ4n) is 3.31. The first-order valence-electron chi connectivity index (χ1n) is 7.49. The molecule has 0 radical (unpaired) electrons. The summed E-state index contributed by atoms with van der Waals surface area (Å²) in [5.74, 6) is 1.75. The molecule has 2 N–H and O–H groups in total. The molecule has 1 aliphatic carbocycles. The lowest BCUT2D eigenvalue weighted by atomic mass is 9.85. The molecule has 1 aliphatic rings. The Hall–Kier alpha value is -1.02. The van der Waals surface area contributed by atoms with Crippen LogP contribution in [-0.4, -0.2) is 15.8 Å². The Labute approximate surface area is 116 Å². The van der Waals surface area contributed by atoms with E-state index in [-0.39, 0.29) is 5.75 Å². The van der Waals surface area contributed by atoms with E-state index in [4.69, 9.17) is 0 Å². The number of aromatic hydroxyl groups is 1. The van der Waals surface area contributed by atoms with Crippen LogP contribution in [0, 0.1) is 11.8 Å². The summed E-state index contributed by atoms with van der Waals surface area (Å²) in [6.45, 7) is 4.56. The van der Waals surface area contributed by atoms with Gasteiger partial charge in [-0.2, -0.15) is 0 Å². The summed E-state index contributed by atoms with van der Waals surface area (Å²) in [6.07, 6.45) is 5.88. The van der Waals surface area contributed by atoms with Crippen molar-refractivity contribution in [2.24, 2.45) is 11.8 Å². The molecule has 19 heavy (non-hydrogen) atoms. The van der Waals surface area contributed by atoms with Crippen LogP contribution in [0.5, 0.6) is 5.75 Å². The first-order valence-corrected chi connectivity index (χ1v) is 7.49. The Bertz CT molecular complexity index is 413. The number of hydrogen-bond acceptors (Lipinski definition) is 2. The predicted molar refractivity (Wildman–Crippen MR) is 78.2 cm³/mol. The Balaban J connectivity index is 2.02. The van der Waals surface area contributed by atoms with Gasteiger partial charge in [-0.05, 0) is 48.8 Å². The van der Waals surface area contributed by atoms with Gasteiger partial charge in [0.05, 0.1) is 5.60 Å². The van der Waals surface area contributed by atoms with Crippen molar-refractivity contribution in [3.05, 3.63) is 29.8 Å². The minimum absolute atomic E-state index is 0.287. The van der Waals surface area contributed by atoms with E-state index in [9.17, 15) is 10.2 Å². The van der Waals surface area contributed by atoms with E-state index >= 15 is 0 Å². The maximum absolute atomic E-state index is 10.8. The Morgan fingerprint density at radius 3 is 2.74 bits per heavy atom. The highest BCUT2D eigenvalue weighted by atomic mass is 16.3. The zero-order chi connectivity index (χ0) is 13.9. The summed E-state index contributed by atoms with van der Waals surface area (Å²) in [7, 11) is 0. The quantitative estimate of drug-likeness (QED) is 0.811. The molecule has 0 spiro atoms. The largest absolute Gasteiger partial charge is 0.508 e. The first-order chi connectivity index (χ1) is 8.98. The lowest BCUT2D eigenvalue weighted by molar-refractivity contribution is 0.0236. The molecular weight excluding hydrogens is 236 g/mol. The molecule has 0 aliphatic heterocycles. The SMILES string of the molecule is CC(C)C1CCCC(O)(Cc2cccc(O)c2)CC1. The van der Waals surface area contributed by atoms with Gasteiger partial charge in [-0.25, -0.2) is 0 Å². The van der Waals surface area contributed by atoms with Gasteiger partial charge in [0.1, 0.15) is 5.75 Å². The summed E-state index contributed by atoms with van der Waals surface area (Å²) >= 11 is 0. The summed E-state index contributed by atoms with van der Waals surface area (Å²) in [4.78, 5) is 0. The van der Waals surface area contributed by atoms with Crippen LogP contribution in [0.4, 0.5) is 0 Å². The van der Waals surface area contributed by atoms with Crippen molar-refractivity contribution >= 4 is 0 Å². The van der Waals surface area contributed by atoms with Crippen molar-refractivity contribution in [3.63, 3.8) is 0 Å². The topological polar surface area (TPSA) is 40.5 Å². The number of hydrogen-bond donors (Lipinski definition) is 2. The second-order valence-corrected chi connectivity index (χ2v) is 6.51. The number of aliphatic hydroxyl groups is 1. The lowest BCUT2D eigenvalue weighted by Gasteiger charge is -2.27. The van der Waals surface area contributed by atoms with Crippen molar-refractivity contribution < 1.29 is 10.2 Å². The highest BCUT2D eigenvalue weighted by Crippen LogP contribution is 2.36. The van der Waals surface area contributed by atoms with Crippen LogP contribution >= 0.6 is 0 Å². The highest BCUT2D eigenvalue weighted by molar-refractivity contribution is 5.28. The monoisotopic (exact) mass is 262 g/mol. The van der Waals surface area contributed by atoms with E-state index in [0.29, 0.717) is 12.3 Å². The molecule has 2 atom stereocenters. The molecule has 0 aromatic heterocycles. The third-order valence-corrected chi connectivity index (χ3v) is 4.58. The van der Waals surface area contributed by atoms with E-state index in [0.717, 1.165) is 37.2 Å². The molecule has 2 heteroatoms. The molecule has 0 heterocycles. The summed E-state index contributed by atoms with van der Waals surface area (Å²) in [6, 6.07) is 7.28. The van der Waals surface area contributed by atoms with Crippen LogP contribution < -0.4 is 0 Å². The van der Waals surface area contributed by atoms with Gasteiger partial charge < -0.3 is 10.2 Å².